The zero-order valence-electron chi connectivity index (χ0n) is 10.9. The van der Waals surface area contributed by atoms with E-state index in [4.69, 9.17) is 34.8 Å². The van der Waals surface area contributed by atoms with E-state index in [-0.39, 0.29) is 17.8 Å². The third-order valence-corrected chi connectivity index (χ3v) is 5.03. The van der Waals surface area contributed by atoms with Gasteiger partial charge in [-0.2, -0.15) is 0 Å². The molecule has 0 amide bonds. The van der Waals surface area contributed by atoms with Gasteiger partial charge >= 0.3 is 0 Å². The van der Waals surface area contributed by atoms with Gasteiger partial charge in [0, 0.05) is 18.3 Å². The van der Waals surface area contributed by atoms with Crippen LogP contribution in [0.25, 0.3) is 0 Å². The lowest BCUT2D eigenvalue weighted by molar-refractivity contribution is 0.501. The van der Waals surface area contributed by atoms with Crippen LogP contribution in [-0.4, -0.2) is 26.5 Å². The Hall–Kier alpha value is -0.000000000000000167. The van der Waals surface area contributed by atoms with Crippen molar-refractivity contribution in [2.45, 2.75) is 25.9 Å². The molecule has 0 heterocycles. The van der Waals surface area contributed by atoms with Crippen LogP contribution in [0.15, 0.2) is 12.1 Å². The Kier molecular flexibility index (Phi) is 5.96. The minimum atomic E-state index is -3.02. The zero-order valence-corrected chi connectivity index (χ0v) is 14.0. The molecule has 2 atom stereocenters. The Morgan fingerprint density at radius 3 is 2.26 bits per heavy atom. The minimum Gasteiger partial charge on any atom is -0.307 e. The summed E-state index contributed by atoms with van der Waals surface area (Å²) in [5, 5.41) is 4.27. The lowest BCUT2D eigenvalue weighted by atomic mass is 10.1. The van der Waals surface area contributed by atoms with Crippen molar-refractivity contribution >= 4 is 44.6 Å². The SMILES string of the molecule is CC(CS(C)(=O)=O)NC(C)c1ccc(Cl)c(Cl)c1Cl. The van der Waals surface area contributed by atoms with Crippen molar-refractivity contribution in [1.82, 2.24) is 5.32 Å². The number of halogens is 3. The molecule has 0 aliphatic rings. The molecule has 0 fully saturated rings. The Morgan fingerprint density at radius 1 is 1.16 bits per heavy atom. The first-order chi connectivity index (χ1) is 8.61. The van der Waals surface area contributed by atoms with Gasteiger partial charge in [0.1, 0.15) is 9.84 Å². The molecule has 0 aliphatic heterocycles. The molecule has 2 unspecified atom stereocenters. The molecular weight excluding hydrogens is 329 g/mol. The highest BCUT2D eigenvalue weighted by Crippen LogP contribution is 2.35. The average Bonchev–Trinajstić information content (AvgIpc) is 2.23. The molecule has 1 aromatic carbocycles. The predicted octanol–water partition coefficient (Wildman–Crippen LogP) is 3.73. The summed E-state index contributed by atoms with van der Waals surface area (Å²) in [6, 6.07) is 3.14. The van der Waals surface area contributed by atoms with Crippen LogP contribution in [0.5, 0.6) is 0 Å². The van der Waals surface area contributed by atoms with E-state index in [9.17, 15) is 8.42 Å². The van der Waals surface area contributed by atoms with Crippen molar-refractivity contribution in [1.29, 1.82) is 0 Å². The van der Waals surface area contributed by atoms with E-state index < -0.39 is 9.84 Å². The van der Waals surface area contributed by atoms with Crippen LogP contribution in [-0.2, 0) is 9.84 Å². The van der Waals surface area contributed by atoms with Gasteiger partial charge in [-0.15, -0.1) is 0 Å². The summed E-state index contributed by atoms with van der Waals surface area (Å²) in [5.41, 5.74) is 0.788. The van der Waals surface area contributed by atoms with Crippen LogP contribution in [0.2, 0.25) is 15.1 Å². The van der Waals surface area contributed by atoms with Crippen molar-refractivity contribution in [3.63, 3.8) is 0 Å². The molecular formula is C12H16Cl3NO2S. The Bertz CT molecular complexity index is 560. The fourth-order valence-corrected chi connectivity index (χ4v) is 3.60. The second-order valence-corrected chi connectivity index (χ2v) is 7.99. The fraction of sp³-hybridized carbons (Fsp3) is 0.500. The molecule has 1 rings (SSSR count). The number of rotatable bonds is 5. The van der Waals surface area contributed by atoms with E-state index in [1.807, 2.05) is 13.8 Å². The molecule has 0 saturated carbocycles. The molecule has 0 aliphatic carbocycles. The van der Waals surface area contributed by atoms with E-state index in [0.717, 1.165) is 5.56 Å². The first-order valence-electron chi connectivity index (χ1n) is 5.69. The normalized spacial score (nSPS) is 15.3. The Morgan fingerprint density at radius 2 is 1.74 bits per heavy atom. The first kappa shape index (κ1) is 17.1. The Balaban J connectivity index is 2.84. The van der Waals surface area contributed by atoms with Crippen LogP contribution in [0, 0.1) is 0 Å². The van der Waals surface area contributed by atoms with Crippen LogP contribution in [0.1, 0.15) is 25.5 Å². The topological polar surface area (TPSA) is 46.2 Å². The van der Waals surface area contributed by atoms with Crippen LogP contribution in [0.4, 0.5) is 0 Å². The summed E-state index contributed by atoms with van der Waals surface area (Å²) < 4.78 is 22.4. The smallest absolute Gasteiger partial charge is 0.148 e. The molecule has 0 spiro atoms. The van der Waals surface area contributed by atoms with Gasteiger partial charge in [-0.3, -0.25) is 0 Å². The van der Waals surface area contributed by atoms with E-state index in [0.29, 0.717) is 15.1 Å². The summed E-state index contributed by atoms with van der Waals surface area (Å²) in [4.78, 5) is 0. The number of nitrogens with one attached hydrogen (secondary N) is 1. The largest absolute Gasteiger partial charge is 0.307 e. The quantitative estimate of drug-likeness (QED) is 0.828. The second kappa shape index (κ2) is 6.64. The second-order valence-electron chi connectivity index (χ2n) is 4.65. The summed E-state index contributed by atoms with van der Waals surface area (Å²) in [6.45, 7) is 3.70. The first-order valence-corrected chi connectivity index (χ1v) is 8.88. The van der Waals surface area contributed by atoms with E-state index >= 15 is 0 Å². The number of benzene rings is 1. The third kappa shape index (κ3) is 5.12. The molecule has 1 N–H and O–H groups in total. The minimum absolute atomic E-state index is 0.0658. The highest BCUT2D eigenvalue weighted by Gasteiger charge is 2.18. The number of sulfone groups is 1. The highest BCUT2D eigenvalue weighted by atomic mass is 35.5. The molecule has 7 heteroatoms. The molecule has 0 bridgehead atoms. The average molecular weight is 345 g/mol. The summed E-state index contributed by atoms with van der Waals surface area (Å²) in [7, 11) is -3.02. The molecule has 19 heavy (non-hydrogen) atoms. The van der Waals surface area contributed by atoms with Crippen LogP contribution < -0.4 is 5.32 Å². The van der Waals surface area contributed by atoms with E-state index in [2.05, 4.69) is 5.32 Å². The van der Waals surface area contributed by atoms with Gasteiger partial charge in [-0.1, -0.05) is 40.9 Å². The van der Waals surface area contributed by atoms with Crippen molar-refractivity contribution in [3.8, 4) is 0 Å². The van der Waals surface area contributed by atoms with Crippen molar-refractivity contribution in [2.75, 3.05) is 12.0 Å². The van der Waals surface area contributed by atoms with Crippen molar-refractivity contribution < 1.29 is 8.42 Å². The van der Waals surface area contributed by atoms with Gasteiger partial charge in [0.25, 0.3) is 0 Å². The van der Waals surface area contributed by atoms with Gasteiger partial charge < -0.3 is 5.32 Å². The maximum atomic E-state index is 11.2. The van der Waals surface area contributed by atoms with Gasteiger partial charge in [0.05, 0.1) is 20.8 Å². The number of hydrogen-bond acceptors (Lipinski definition) is 3. The monoisotopic (exact) mass is 343 g/mol. The predicted molar refractivity (Wildman–Crippen MR) is 82.2 cm³/mol. The van der Waals surface area contributed by atoms with Gasteiger partial charge in [-0.05, 0) is 25.5 Å². The zero-order chi connectivity index (χ0) is 14.8. The standard InChI is InChI=1S/C12H16Cl3NO2S/c1-7(6-19(3,17)18)16-8(2)9-4-5-10(13)12(15)11(9)14/h4-5,7-8,16H,6H2,1-3H3. The van der Waals surface area contributed by atoms with Crippen molar-refractivity contribution in [2.24, 2.45) is 0 Å². The molecule has 0 aromatic heterocycles. The lowest BCUT2D eigenvalue weighted by Crippen LogP contribution is -2.34. The van der Waals surface area contributed by atoms with Crippen LogP contribution >= 0.6 is 34.8 Å². The summed E-state index contributed by atoms with van der Waals surface area (Å²) >= 11 is 18.0. The van der Waals surface area contributed by atoms with Crippen LogP contribution in [0.3, 0.4) is 0 Å². The highest BCUT2D eigenvalue weighted by molar-refractivity contribution is 7.90. The lowest BCUT2D eigenvalue weighted by Gasteiger charge is -2.21. The summed E-state index contributed by atoms with van der Waals surface area (Å²) in [5.74, 6) is 0.0658. The molecule has 1 aromatic rings. The van der Waals surface area contributed by atoms with Crippen molar-refractivity contribution in [3.05, 3.63) is 32.8 Å². The molecule has 108 valence electrons. The van der Waals surface area contributed by atoms with E-state index in [1.54, 1.807) is 12.1 Å². The summed E-state index contributed by atoms with van der Waals surface area (Å²) in [6.07, 6.45) is 1.21. The van der Waals surface area contributed by atoms with Gasteiger partial charge in [-0.25, -0.2) is 8.42 Å². The third-order valence-electron chi connectivity index (χ3n) is 2.62. The van der Waals surface area contributed by atoms with Gasteiger partial charge in [0.15, 0.2) is 0 Å². The Labute approximate surface area is 129 Å². The molecule has 0 saturated heterocycles. The van der Waals surface area contributed by atoms with E-state index in [1.165, 1.54) is 6.26 Å². The maximum Gasteiger partial charge on any atom is 0.148 e. The molecule has 0 radical (unpaired) electrons. The fourth-order valence-electron chi connectivity index (χ4n) is 1.89. The number of hydrogen-bond donors (Lipinski definition) is 1. The molecule has 3 nitrogen and oxygen atoms in total. The van der Waals surface area contributed by atoms with Gasteiger partial charge in [0.2, 0.25) is 0 Å². The maximum absolute atomic E-state index is 11.2.